The molecule has 0 bridgehead atoms. The van der Waals surface area contributed by atoms with E-state index in [1.54, 1.807) is 4.90 Å². The maximum Gasteiger partial charge on any atom is 0.264 e. The third-order valence-corrected chi connectivity index (χ3v) is 5.92. The first kappa shape index (κ1) is 17.1. The van der Waals surface area contributed by atoms with Gasteiger partial charge in [0.25, 0.3) is 11.1 Å². The molecule has 3 aromatic rings. The normalized spacial score (nSPS) is 14.8. The second kappa shape index (κ2) is 7.51. The topological polar surface area (TPSA) is 66.7 Å². The van der Waals surface area contributed by atoms with Crippen molar-refractivity contribution in [2.75, 3.05) is 31.9 Å². The molecule has 0 N–H and O–H groups in total. The SMILES string of the molecule is O=C(CSc1nc2ccccc2o1)N1CCN(C(=O)c2cccs2)CC1. The highest BCUT2D eigenvalue weighted by molar-refractivity contribution is 7.99. The van der Waals surface area contributed by atoms with E-state index in [2.05, 4.69) is 4.98 Å². The molecule has 2 amide bonds. The van der Waals surface area contributed by atoms with Gasteiger partial charge in [-0.25, -0.2) is 4.98 Å². The quantitative estimate of drug-likeness (QED) is 0.644. The molecule has 1 aliphatic rings. The molecule has 0 spiro atoms. The van der Waals surface area contributed by atoms with E-state index in [1.165, 1.54) is 23.1 Å². The van der Waals surface area contributed by atoms with Crippen molar-refractivity contribution in [1.82, 2.24) is 14.8 Å². The molecule has 0 radical (unpaired) electrons. The number of aromatic nitrogens is 1. The van der Waals surface area contributed by atoms with E-state index >= 15 is 0 Å². The van der Waals surface area contributed by atoms with E-state index in [-0.39, 0.29) is 17.6 Å². The monoisotopic (exact) mass is 387 g/mol. The molecule has 1 saturated heterocycles. The largest absolute Gasteiger partial charge is 0.431 e. The molecular weight excluding hydrogens is 370 g/mol. The van der Waals surface area contributed by atoms with Gasteiger partial charge in [0.2, 0.25) is 5.91 Å². The van der Waals surface area contributed by atoms with Crippen molar-refractivity contribution < 1.29 is 14.0 Å². The van der Waals surface area contributed by atoms with Crippen molar-refractivity contribution in [2.24, 2.45) is 0 Å². The summed E-state index contributed by atoms with van der Waals surface area (Å²) in [4.78, 5) is 33.5. The molecule has 1 aliphatic heterocycles. The number of amides is 2. The highest BCUT2D eigenvalue weighted by Gasteiger charge is 2.25. The van der Waals surface area contributed by atoms with Crippen LogP contribution in [-0.4, -0.2) is 58.5 Å². The van der Waals surface area contributed by atoms with Crippen LogP contribution in [0, 0.1) is 0 Å². The van der Waals surface area contributed by atoms with Crippen LogP contribution in [0.4, 0.5) is 0 Å². The lowest BCUT2D eigenvalue weighted by Gasteiger charge is -2.34. The van der Waals surface area contributed by atoms with Crippen molar-refractivity contribution in [1.29, 1.82) is 0 Å². The summed E-state index contributed by atoms with van der Waals surface area (Å²) in [6.07, 6.45) is 0. The number of thioether (sulfide) groups is 1. The highest BCUT2D eigenvalue weighted by Crippen LogP contribution is 2.23. The van der Waals surface area contributed by atoms with Crippen LogP contribution in [0.5, 0.6) is 0 Å². The Balaban J connectivity index is 1.29. The van der Waals surface area contributed by atoms with E-state index in [9.17, 15) is 9.59 Å². The summed E-state index contributed by atoms with van der Waals surface area (Å²) in [5, 5.41) is 2.40. The van der Waals surface area contributed by atoms with Crippen LogP contribution in [0.3, 0.4) is 0 Å². The van der Waals surface area contributed by atoms with Crippen molar-refractivity contribution in [3.05, 3.63) is 46.7 Å². The average molecular weight is 387 g/mol. The lowest BCUT2D eigenvalue weighted by molar-refractivity contribution is -0.129. The van der Waals surface area contributed by atoms with Crippen LogP contribution < -0.4 is 0 Å². The molecule has 4 rings (SSSR count). The second-order valence-electron chi connectivity index (χ2n) is 5.89. The fourth-order valence-corrected chi connectivity index (χ4v) is 4.27. The number of carbonyl (C=O) groups is 2. The van der Waals surface area contributed by atoms with Crippen LogP contribution in [0.25, 0.3) is 11.1 Å². The first-order chi connectivity index (χ1) is 12.7. The van der Waals surface area contributed by atoms with Crippen LogP contribution in [0.1, 0.15) is 9.67 Å². The number of rotatable bonds is 4. The number of thiophene rings is 1. The molecule has 1 aromatic carbocycles. The Hall–Kier alpha value is -2.32. The van der Waals surface area contributed by atoms with E-state index in [0.29, 0.717) is 31.4 Å². The molecule has 1 fully saturated rings. The standard InChI is InChI=1S/C18H17N3O3S2/c22-16(12-26-18-19-13-4-1-2-5-14(13)24-18)20-7-9-21(10-8-20)17(23)15-6-3-11-25-15/h1-6,11H,7-10,12H2. The van der Waals surface area contributed by atoms with Crippen LogP contribution in [0.2, 0.25) is 0 Å². The second-order valence-corrected chi connectivity index (χ2v) is 7.76. The van der Waals surface area contributed by atoms with Gasteiger partial charge >= 0.3 is 0 Å². The molecule has 0 aliphatic carbocycles. The smallest absolute Gasteiger partial charge is 0.264 e. The molecule has 134 valence electrons. The molecular formula is C18H17N3O3S2. The zero-order valence-electron chi connectivity index (χ0n) is 14.0. The Kier molecular flexibility index (Phi) is 4.94. The van der Waals surface area contributed by atoms with E-state index in [0.717, 1.165) is 16.0 Å². The van der Waals surface area contributed by atoms with Gasteiger partial charge < -0.3 is 14.2 Å². The minimum Gasteiger partial charge on any atom is -0.431 e. The number of nitrogens with zero attached hydrogens (tertiary/aromatic N) is 3. The number of para-hydroxylation sites is 2. The predicted molar refractivity (Wildman–Crippen MR) is 102 cm³/mol. The summed E-state index contributed by atoms with van der Waals surface area (Å²) < 4.78 is 5.63. The zero-order chi connectivity index (χ0) is 17.9. The van der Waals surface area contributed by atoms with Crippen molar-refractivity contribution in [3.8, 4) is 0 Å². The zero-order valence-corrected chi connectivity index (χ0v) is 15.6. The first-order valence-corrected chi connectivity index (χ1v) is 10.2. The van der Waals surface area contributed by atoms with Gasteiger partial charge in [-0.15, -0.1) is 11.3 Å². The van der Waals surface area contributed by atoms with Crippen molar-refractivity contribution in [3.63, 3.8) is 0 Å². The van der Waals surface area contributed by atoms with Crippen molar-refractivity contribution in [2.45, 2.75) is 5.22 Å². The van der Waals surface area contributed by atoms with Gasteiger partial charge in [-0.2, -0.15) is 0 Å². The maximum atomic E-state index is 12.4. The van der Waals surface area contributed by atoms with Crippen LogP contribution in [-0.2, 0) is 4.79 Å². The number of oxazole rings is 1. The highest BCUT2D eigenvalue weighted by atomic mass is 32.2. The number of benzene rings is 1. The van der Waals surface area contributed by atoms with Crippen LogP contribution in [0.15, 0.2) is 51.4 Å². The molecule has 3 heterocycles. The third kappa shape index (κ3) is 3.61. The number of carbonyl (C=O) groups excluding carboxylic acids is 2. The fourth-order valence-electron chi connectivity index (χ4n) is 2.84. The summed E-state index contributed by atoms with van der Waals surface area (Å²) in [5.41, 5.74) is 1.52. The van der Waals surface area contributed by atoms with Gasteiger partial charge in [0, 0.05) is 26.2 Å². The van der Waals surface area contributed by atoms with Gasteiger partial charge in [-0.1, -0.05) is 30.0 Å². The van der Waals surface area contributed by atoms with E-state index < -0.39 is 0 Å². The number of piperazine rings is 1. The minimum atomic E-state index is 0.0421. The Morgan fingerprint density at radius 2 is 1.85 bits per heavy atom. The van der Waals surface area contributed by atoms with Gasteiger partial charge in [-0.3, -0.25) is 9.59 Å². The Labute approximate surface area is 158 Å². The summed E-state index contributed by atoms with van der Waals surface area (Å²) >= 11 is 2.75. The lowest BCUT2D eigenvalue weighted by atomic mass is 10.3. The number of hydrogen-bond donors (Lipinski definition) is 0. The van der Waals surface area contributed by atoms with Gasteiger partial charge in [0.1, 0.15) is 5.52 Å². The van der Waals surface area contributed by atoms with E-state index in [4.69, 9.17) is 4.42 Å². The summed E-state index contributed by atoms with van der Waals surface area (Å²) in [6, 6.07) is 11.3. The maximum absolute atomic E-state index is 12.4. The third-order valence-electron chi connectivity index (χ3n) is 4.24. The lowest BCUT2D eigenvalue weighted by Crippen LogP contribution is -2.51. The van der Waals surface area contributed by atoms with Gasteiger partial charge in [0.05, 0.1) is 10.6 Å². The summed E-state index contributed by atoms with van der Waals surface area (Å²) in [6.45, 7) is 2.25. The van der Waals surface area contributed by atoms with Crippen LogP contribution >= 0.6 is 23.1 Å². The molecule has 2 aromatic heterocycles. The average Bonchev–Trinajstić information content (AvgIpc) is 3.35. The van der Waals surface area contributed by atoms with Gasteiger partial charge in [0.15, 0.2) is 5.58 Å². The number of hydrogen-bond acceptors (Lipinski definition) is 6. The molecule has 8 heteroatoms. The molecule has 0 saturated carbocycles. The fraction of sp³-hybridized carbons (Fsp3) is 0.278. The van der Waals surface area contributed by atoms with Crippen molar-refractivity contribution >= 4 is 46.0 Å². The molecule has 26 heavy (non-hydrogen) atoms. The molecule has 0 unspecified atom stereocenters. The molecule has 0 atom stereocenters. The predicted octanol–water partition coefficient (Wildman–Crippen LogP) is 2.97. The Morgan fingerprint density at radius 3 is 2.58 bits per heavy atom. The van der Waals surface area contributed by atoms with E-state index in [1.807, 2.05) is 46.7 Å². The summed E-state index contributed by atoms with van der Waals surface area (Å²) in [7, 11) is 0. The summed E-state index contributed by atoms with van der Waals surface area (Å²) in [5.74, 6) is 0.375. The Morgan fingerprint density at radius 1 is 1.08 bits per heavy atom. The number of fused-ring (bicyclic) bond motifs is 1. The molecule has 6 nitrogen and oxygen atoms in total. The minimum absolute atomic E-state index is 0.0421. The van der Waals surface area contributed by atoms with Gasteiger partial charge in [-0.05, 0) is 23.6 Å². The first-order valence-electron chi connectivity index (χ1n) is 8.29. The Bertz CT molecular complexity index is 882.